The summed E-state index contributed by atoms with van der Waals surface area (Å²) in [6.07, 6.45) is 0.968. The van der Waals surface area contributed by atoms with Crippen LogP contribution < -0.4 is 16.0 Å². The van der Waals surface area contributed by atoms with Gasteiger partial charge in [-0.05, 0) is 44.4 Å². The highest BCUT2D eigenvalue weighted by atomic mass is 32.2. The van der Waals surface area contributed by atoms with Gasteiger partial charge in [0.2, 0.25) is 29.5 Å². The maximum absolute atomic E-state index is 13.8. The van der Waals surface area contributed by atoms with Crippen molar-refractivity contribution in [2.45, 2.75) is 150 Å². The Kier molecular flexibility index (Phi) is 14.7. The topological polar surface area (TPSA) is 185 Å². The van der Waals surface area contributed by atoms with Gasteiger partial charge in [0.15, 0.2) is 6.04 Å². The number of rotatable bonds is 17. The molecule has 4 heterocycles. The summed E-state index contributed by atoms with van der Waals surface area (Å²) >= 11 is 2.86. The minimum Gasteiger partial charge on any atom is -0.474 e. The van der Waals surface area contributed by atoms with E-state index in [2.05, 4.69) is 45.0 Å². The largest absolute Gasteiger partial charge is 0.474 e. The van der Waals surface area contributed by atoms with Gasteiger partial charge in [-0.15, -0.1) is 23.5 Å². The zero-order chi connectivity index (χ0) is 38.4. The SMILES string of the molecule is CCC(C)C(NC(=O)C1CSC([C@H](NC(=O)C2N=C(C(NC(=O)C3CSC([C@H](N=O)C(C)C)=N3)C(C)CC)O[C@@H]2C)C(C)C)=N1)C1=NC(C)[C@@H](C)O1. The van der Waals surface area contributed by atoms with E-state index in [-0.39, 0.29) is 59.6 Å². The number of carbonyl (C=O) groups is 3. The maximum atomic E-state index is 13.8. The van der Waals surface area contributed by atoms with Crippen LogP contribution in [0.25, 0.3) is 0 Å². The molecule has 3 N–H and O–H groups in total. The van der Waals surface area contributed by atoms with Crippen LogP contribution in [0.15, 0.2) is 25.1 Å². The molecule has 0 saturated heterocycles. The van der Waals surface area contributed by atoms with Crippen LogP contribution in [-0.4, -0.2) is 112 Å². The average molecular weight is 763 g/mol. The Morgan fingerprint density at radius 1 is 0.692 bits per heavy atom. The zero-order valence-electron chi connectivity index (χ0n) is 32.4. The van der Waals surface area contributed by atoms with Gasteiger partial charge in [-0.2, -0.15) is 4.91 Å². The van der Waals surface area contributed by atoms with E-state index in [9.17, 15) is 19.3 Å². The summed E-state index contributed by atoms with van der Waals surface area (Å²) in [5.74, 6) is 1.02. The fourth-order valence-electron chi connectivity index (χ4n) is 6.19. The van der Waals surface area contributed by atoms with E-state index in [1.165, 1.54) is 23.5 Å². The first-order valence-corrected chi connectivity index (χ1v) is 20.7. The van der Waals surface area contributed by atoms with Crippen LogP contribution in [0.5, 0.6) is 0 Å². The van der Waals surface area contributed by atoms with Crippen LogP contribution in [0.4, 0.5) is 0 Å². The molecule has 290 valence electrons. The summed E-state index contributed by atoms with van der Waals surface area (Å²) in [7, 11) is 0. The van der Waals surface area contributed by atoms with Crippen molar-refractivity contribution in [2.24, 2.45) is 48.8 Å². The molecule has 0 radical (unpaired) electrons. The van der Waals surface area contributed by atoms with Gasteiger partial charge in [0.25, 0.3) is 0 Å². The number of thioether (sulfide) groups is 2. The molecule has 0 bridgehead atoms. The van der Waals surface area contributed by atoms with E-state index in [0.717, 1.165) is 12.8 Å². The Bertz CT molecular complexity index is 1450. The number of amides is 3. The van der Waals surface area contributed by atoms with Crippen molar-refractivity contribution in [3.05, 3.63) is 4.91 Å². The predicted molar refractivity (Wildman–Crippen MR) is 211 cm³/mol. The lowest BCUT2D eigenvalue weighted by atomic mass is 9.98. The Morgan fingerprint density at radius 2 is 1.17 bits per heavy atom. The lowest BCUT2D eigenvalue weighted by Crippen LogP contribution is -2.49. The van der Waals surface area contributed by atoms with E-state index in [4.69, 9.17) is 19.5 Å². The number of ether oxygens (including phenoxy) is 2. The Labute approximate surface area is 316 Å². The van der Waals surface area contributed by atoms with Gasteiger partial charge in [-0.1, -0.05) is 73.4 Å². The Hall–Kier alpha value is -3.01. The van der Waals surface area contributed by atoms with Crippen molar-refractivity contribution in [1.82, 2.24) is 16.0 Å². The fourth-order valence-corrected chi connectivity index (χ4v) is 8.70. The average Bonchev–Trinajstić information content (AvgIpc) is 3.92. The molecule has 0 aromatic carbocycles. The highest BCUT2D eigenvalue weighted by Crippen LogP contribution is 2.28. The van der Waals surface area contributed by atoms with Crippen LogP contribution in [0.3, 0.4) is 0 Å². The second kappa shape index (κ2) is 18.4. The molecule has 4 aliphatic heterocycles. The van der Waals surface area contributed by atoms with Crippen LogP contribution >= 0.6 is 23.5 Å². The molecule has 0 saturated carbocycles. The summed E-state index contributed by atoms with van der Waals surface area (Å²) in [4.78, 5) is 70.9. The molecular formula is C36H58N8O6S2. The molecule has 12 atom stereocenters. The van der Waals surface area contributed by atoms with Gasteiger partial charge in [-0.25, -0.2) is 9.98 Å². The van der Waals surface area contributed by atoms with Crippen LogP contribution in [0.1, 0.15) is 89.0 Å². The summed E-state index contributed by atoms with van der Waals surface area (Å²) in [6, 6.07) is -3.98. The highest BCUT2D eigenvalue weighted by molar-refractivity contribution is 8.14. The number of hydrogen-bond acceptors (Lipinski definition) is 13. The third-order valence-electron chi connectivity index (χ3n) is 10.3. The zero-order valence-corrected chi connectivity index (χ0v) is 34.0. The first-order chi connectivity index (χ1) is 24.6. The quantitative estimate of drug-likeness (QED) is 0.182. The first kappa shape index (κ1) is 41.7. The maximum Gasteiger partial charge on any atom is 0.249 e. The smallest absolute Gasteiger partial charge is 0.249 e. The number of nitrogens with one attached hydrogen (secondary N) is 3. The summed E-state index contributed by atoms with van der Waals surface area (Å²) < 4.78 is 12.2. The molecule has 14 nitrogen and oxygen atoms in total. The first-order valence-electron chi connectivity index (χ1n) is 18.7. The minimum absolute atomic E-state index is 0.0123. The highest BCUT2D eigenvalue weighted by Gasteiger charge is 2.42. The van der Waals surface area contributed by atoms with Gasteiger partial charge in [0.05, 0.1) is 22.2 Å². The molecule has 0 spiro atoms. The van der Waals surface area contributed by atoms with Gasteiger partial charge in [-0.3, -0.25) is 24.4 Å². The third-order valence-corrected chi connectivity index (χ3v) is 12.6. The molecule has 0 fully saturated rings. The standard InChI is InChI=1S/C36H58N8O6S2/c1-12-18(7)27(33-37-20(9)21(10)49-33)41-30(45)23-14-51-35(38-23)25(16(3)4)40-32(47)29-22(11)50-34(43-29)28(19(8)13-2)42-31(46)24-15-52-36(39-24)26(44-48)17(5)6/h16-29H,12-15H2,1-11H3,(H,40,47)(H,41,45)(H,42,46)/t18?,19?,20?,21-,22-,23?,24?,25-,26-,27?,28?,29?/m1/s1. The lowest BCUT2D eigenvalue weighted by Gasteiger charge is -2.25. The summed E-state index contributed by atoms with van der Waals surface area (Å²) in [6.45, 7) is 21.7. The molecule has 16 heteroatoms. The van der Waals surface area contributed by atoms with Gasteiger partial charge >= 0.3 is 0 Å². The second-order valence-electron chi connectivity index (χ2n) is 15.1. The van der Waals surface area contributed by atoms with Crippen molar-refractivity contribution in [3.8, 4) is 0 Å². The molecule has 3 amide bonds. The van der Waals surface area contributed by atoms with Crippen molar-refractivity contribution in [3.63, 3.8) is 0 Å². The van der Waals surface area contributed by atoms with Crippen LogP contribution in [-0.2, 0) is 23.9 Å². The van der Waals surface area contributed by atoms with Gasteiger partial charge < -0.3 is 25.4 Å². The van der Waals surface area contributed by atoms with E-state index in [1.807, 2.05) is 55.4 Å². The van der Waals surface area contributed by atoms with Crippen molar-refractivity contribution >= 4 is 63.1 Å². The number of aliphatic imine (C=N–C) groups is 4. The fraction of sp³-hybridized carbons (Fsp3) is 0.806. The molecule has 4 aliphatic rings. The van der Waals surface area contributed by atoms with Crippen molar-refractivity contribution in [1.29, 1.82) is 0 Å². The predicted octanol–water partition coefficient (Wildman–Crippen LogP) is 4.40. The van der Waals surface area contributed by atoms with E-state index in [0.29, 0.717) is 33.4 Å². The number of nitroso groups, excluding NO2 is 1. The van der Waals surface area contributed by atoms with E-state index < -0.39 is 42.4 Å². The third kappa shape index (κ3) is 9.74. The van der Waals surface area contributed by atoms with E-state index in [1.54, 1.807) is 6.92 Å². The number of carbonyl (C=O) groups excluding carboxylic acids is 3. The number of hydrogen-bond donors (Lipinski definition) is 3. The van der Waals surface area contributed by atoms with Crippen molar-refractivity contribution in [2.75, 3.05) is 11.5 Å². The molecule has 0 aliphatic carbocycles. The summed E-state index contributed by atoms with van der Waals surface area (Å²) in [5.41, 5.74) is 0. The van der Waals surface area contributed by atoms with Gasteiger partial charge in [0.1, 0.15) is 42.4 Å². The van der Waals surface area contributed by atoms with Crippen molar-refractivity contribution < 1.29 is 23.9 Å². The second-order valence-corrected chi connectivity index (χ2v) is 17.2. The normalized spacial score (nSPS) is 29.1. The number of nitrogens with zero attached hydrogens (tertiary/aromatic N) is 5. The van der Waals surface area contributed by atoms with Gasteiger partial charge in [0, 0.05) is 11.5 Å². The Morgan fingerprint density at radius 3 is 1.63 bits per heavy atom. The summed E-state index contributed by atoms with van der Waals surface area (Å²) in [5, 5.41) is 13.9. The van der Waals surface area contributed by atoms with E-state index >= 15 is 0 Å². The molecule has 0 aromatic rings. The minimum atomic E-state index is -0.837. The lowest BCUT2D eigenvalue weighted by molar-refractivity contribution is -0.124. The molecular weight excluding hydrogens is 705 g/mol. The van der Waals surface area contributed by atoms with Crippen LogP contribution in [0.2, 0.25) is 0 Å². The molecule has 52 heavy (non-hydrogen) atoms. The molecule has 8 unspecified atom stereocenters. The van der Waals surface area contributed by atoms with Crippen LogP contribution in [0, 0.1) is 28.6 Å². The Balaban J connectivity index is 1.44. The molecule has 4 rings (SSSR count). The molecule has 0 aromatic heterocycles. The monoisotopic (exact) mass is 762 g/mol.